The van der Waals surface area contributed by atoms with E-state index in [1.807, 2.05) is 0 Å². The maximum absolute atomic E-state index is 12.9. The molecule has 2 heterocycles. The van der Waals surface area contributed by atoms with Crippen molar-refractivity contribution in [2.45, 2.75) is 0 Å². The SMILES string of the molecule is CS(=O)(=O)Nc1ccc2onc(C(=O)Nc3ccc(Br)cc3-c3noc(=O)[nH]3)c2c1. The molecular weight excluding hydrogens is 482 g/mol. The minimum absolute atomic E-state index is 0.0512. The molecular formula is C17H12BrN5O6S. The third-order valence-electron chi connectivity index (χ3n) is 3.91. The molecule has 0 atom stereocenters. The lowest BCUT2D eigenvalue weighted by molar-refractivity contribution is 0.102. The van der Waals surface area contributed by atoms with Gasteiger partial charge in [0.05, 0.1) is 17.3 Å². The fraction of sp³-hybridized carbons (Fsp3) is 0.0588. The average Bonchev–Trinajstić information content (AvgIpc) is 3.27. The maximum Gasteiger partial charge on any atom is 0.439 e. The van der Waals surface area contributed by atoms with Crippen molar-refractivity contribution in [3.8, 4) is 11.4 Å². The van der Waals surface area contributed by atoms with E-state index in [1.165, 1.54) is 18.2 Å². The lowest BCUT2D eigenvalue weighted by Gasteiger charge is -2.09. The predicted molar refractivity (Wildman–Crippen MR) is 111 cm³/mol. The first-order valence-corrected chi connectivity index (χ1v) is 10.9. The van der Waals surface area contributed by atoms with Gasteiger partial charge in [0, 0.05) is 15.7 Å². The number of amides is 1. The van der Waals surface area contributed by atoms with E-state index in [1.54, 1.807) is 18.2 Å². The Balaban J connectivity index is 1.70. The topological polar surface area (TPSA) is 160 Å². The van der Waals surface area contributed by atoms with Crippen molar-refractivity contribution in [1.82, 2.24) is 15.3 Å². The van der Waals surface area contributed by atoms with Gasteiger partial charge < -0.3 is 9.84 Å². The second-order valence-electron chi connectivity index (χ2n) is 6.20. The number of carbonyl (C=O) groups is 1. The summed E-state index contributed by atoms with van der Waals surface area (Å²) in [6.07, 6.45) is 1.02. The van der Waals surface area contributed by atoms with E-state index in [-0.39, 0.29) is 17.2 Å². The molecule has 0 aliphatic heterocycles. The smallest absolute Gasteiger partial charge is 0.355 e. The fourth-order valence-electron chi connectivity index (χ4n) is 2.73. The highest BCUT2D eigenvalue weighted by Crippen LogP contribution is 2.30. The Morgan fingerprint density at radius 3 is 2.63 bits per heavy atom. The zero-order valence-corrected chi connectivity index (χ0v) is 17.5. The number of H-pyrrole nitrogens is 1. The van der Waals surface area contributed by atoms with Crippen LogP contribution in [-0.2, 0) is 10.0 Å². The van der Waals surface area contributed by atoms with Crippen LogP contribution in [0.15, 0.2) is 54.7 Å². The quantitative estimate of drug-likeness (QED) is 0.382. The zero-order chi connectivity index (χ0) is 21.5. The molecule has 0 saturated carbocycles. The Labute approximate surface area is 176 Å². The van der Waals surface area contributed by atoms with Crippen LogP contribution in [0.1, 0.15) is 10.5 Å². The highest BCUT2D eigenvalue weighted by Gasteiger charge is 2.20. The van der Waals surface area contributed by atoms with Crippen molar-refractivity contribution in [3.63, 3.8) is 0 Å². The lowest BCUT2D eigenvalue weighted by Crippen LogP contribution is -2.14. The number of nitrogens with one attached hydrogen (secondary N) is 3. The van der Waals surface area contributed by atoms with Crippen LogP contribution in [0.4, 0.5) is 11.4 Å². The van der Waals surface area contributed by atoms with Crippen LogP contribution in [0, 0.1) is 0 Å². The van der Waals surface area contributed by atoms with Crippen LogP contribution in [-0.4, -0.2) is 35.9 Å². The Kier molecular flexibility index (Phi) is 4.91. The van der Waals surface area contributed by atoms with Crippen molar-refractivity contribution in [2.75, 3.05) is 16.3 Å². The van der Waals surface area contributed by atoms with Crippen molar-refractivity contribution < 1.29 is 22.3 Å². The Morgan fingerprint density at radius 1 is 1.13 bits per heavy atom. The second kappa shape index (κ2) is 7.42. The number of nitrogens with zero attached hydrogens (tertiary/aromatic N) is 2. The van der Waals surface area contributed by atoms with Crippen LogP contribution < -0.4 is 15.8 Å². The first kappa shape index (κ1) is 19.8. The zero-order valence-electron chi connectivity index (χ0n) is 15.1. The van der Waals surface area contributed by atoms with Gasteiger partial charge in [-0.05, 0) is 36.4 Å². The number of hydrogen-bond acceptors (Lipinski definition) is 8. The van der Waals surface area contributed by atoms with Crippen molar-refractivity contribution in [1.29, 1.82) is 0 Å². The highest BCUT2D eigenvalue weighted by molar-refractivity contribution is 9.10. The molecule has 0 fully saturated rings. The summed E-state index contributed by atoms with van der Waals surface area (Å²) in [6, 6.07) is 9.36. The van der Waals surface area contributed by atoms with Gasteiger partial charge in [-0.2, -0.15) is 0 Å². The number of sulfonamides is 1. The van der Waals surface area contributed by atoms with Gasteiger partial charge in [0.1, 0.15) is 0 Å². The van der Waals surface area contributed by atoms with E-state index >= 15 is 0 Å². The third kappa shape index (κ3) is 4.11. The minimum Gasteiger partial charge on any atom is -0.355 e. The van der Waals surface area contributed by atoms with E-state index in [2.05, 4.69) is 45.8 Å². The summed E-state index contributed by atoms with van der Waals surface area (Å²) in [7, 11) is -3.50. The number of aromatic nitrogens is 3. The van der Waals surface area contributed by atoms with E-state index in [9.17, 15) is 18.0 Å². The molecule has 11 nitrogen and oxygen atoms in total. The number of anilines is 2. The largest absolute Gasteiger partial charge is 0.439 e. The van der Waals surface area contributed by atoms with Gasteiger partial charge in [-0.3, -0.25) is 19.0 Å². The average molecular weight is 494 g/mol. The van der Waals surface area contributed by atoms with E-state index in [4.69, 9.17) is 4.52 Å². The van der Waals surface area contributed by atoms with Gasteiger partial charge >= 0.3 is 5.76 Å². The van der Waals surface area contributed by atoms with Gasteiger partial charge in [-0.1, -0.05) is 26.2 Å². The number of rotatable bonds is 5. The number of aromatic amines is 1. The Hall–Kier alpha value is -3.45. The molecule has 0 spiro atoms. The Bertz CT molecular complexity index is 1440. The summed E-state index contributed by atoms with van der Waals surface area (Å²) < 4.78 is 35.6. The minimum atomic E-state index is -3.50. The Morgan fingerprint density at radius 2 is 1.93 bits per heavy atom. The highest BCUT2D eigenvalue weighted by atomic mass is 79.9. The van der Waals surface area contributed by atoms with Crippen LogP contribution in [0.5, 0.6) is 0 Å². The number of fused-ring (bicyclic) bond motifs is 1. The molecule has 154 valence electrons. The molecule has 0 bridgehead atoms. The number of benzene rings is 2. The van der Waals surface area contributed by atoms with Gasteiger partial charge in [-0.15, -0.1) is 0 Å². The standard InChI is InChI=1S/C17H12BrN5O6S/c1-30(26,27)23-9-3-5-13-11(7-9)14(21-28-13)16(24)19-12-4-2-8(18)6-10(12)15-20-17(25)29-22-15/h2-7,23H,1H3,(H,19,24)(H,20,22,25). The summed E-state index contributed by atoms with van der Waals surface area (Å²) >= 11 is 3.32. The number of halogens is 1. The molecule has 0 radical (unpaired) electrons. The summed E-state index contributed by atoms with van der Waals surface area (Å²) in [5, 5.41) is 10.4. The van der Waals surface area contributed by atoms with Crippen LogP contribution in [0.2, 0.25) is 0 Å². The maximum atomic E-state index is 12.9. The molecule has 0 aliphatic carbocycles. The van der Waals surface area contributed by atoms with Crippen LogP contribution in [0.25, 0.3) is 22.4 Å². The van der Waals surface area contributed by atoms with Gasteiger partial charge in [-0.25, -0.2) is 13.2 Å². The van der Waals surface area contributed by atoms with E-state index in [0.29, 0.717) is 26.7 Å². The summed E-state index contributed by atoms with van der Waals surface area (Å²) in [5.41, 5.74) is 1.23. The first-order valence-electron chi connectivity index (χ1n) is 8.24. The molecule has 3 N–H and O–H groups in total. The summed E-state index contributed by atoms with van der Waals surface area (Å²) in [4.78, 5) is 26.6. The third-order valence-corrected chi connectivity index (χ3v) is 5.01. The summed E-state index contributed by atoms with van der Waals surface area (Å²) in [5.74, 6) is -1.23. The van der Waals surface area contributed by atoms with Crippen LogP contribution >= 0.6 is 15.9 Å². The van der Waals surface area contributed by atoms with Gasteiger partial charge in [0.2, 0.25) is 10.0 Å². The second-order valence-corrected chi connectivity index (χ2v) is 8.87. The normalized spacial score (nSPS) is 11.5. The fourth-order valence-corrected chi connectivity index (χ4v) is 3.65. The molecule has 0 unspecified atom stereocenters. The predicted octanol–water partition coefficient (Wildman–Crippen LogP) is 2.56. The van der Waals surface area contributed by atoms with Crippen molar-refractivity contribution in [2.24, 2.45) is 0 Å². The molecule has 0 aliphatic rings. The molecule has 30 heavy (non-hydrogen) atoms. The summed E-state index contributed by atoms with van der Waals surface area (Å²) in [6.45, 7) is 0. The lowest BCUT2D eigenvalue weighted by atomic mass is 10.1. The molecule has 4 rings (SSSR count). The number of hydrogen-bond donors (Lipinski definition) is 3. The molecule has 2 aromatic heterocycles. The molecule has 4 aromatic rings. The van der Waals surface area contributed by atoms with Crippen LogP contribution in [0.3, 0.4) is 0 Å². The van der Waals surface area contributed by atoms with E-state index < -0.39 is 21.7 Å². The van der Waals surface area contributed by atoms with Gasteiger partial charge in [0.15, 0.2) is 17.1 Å². The van der Waals surface area contributed by atoms with Crippen molar-refractivity contribution in [3.05, 3.63) is 57.1 Å². The first-order chi connectivity index (χ1) is 14.2. The molecule has 2 aromatic carbocycles. The molecule has 13 heteroatoms. The monoisotopic (exact) mass is 493 g/mol. The van der Waals surface area contributed by atoms with E-state index in [0.717, 1.165) is 6.26 Å². The van der Waals surface area contributed by atoms with Crippen molar-refractivity contribution >= 4 is 54.2 Å². The van der Waals surface area contributed by atoms with Gasteiger partial charge in [0.25, 0.3) is 5.91 Å². The molecule has 0 saturated heterocycles. The number of carbonyl (C=O) groups excluding carboxylic acids is 1. The molecule has 1 amide bonds.